The zero-order valence-corrected chi connectivity index (χ0v) is 13.2. The fourth-order valence-corrected chi connectivity index (χ4v) is 4.19. The van der Waals surface area contributed by atoms with Gasteiger partial charge in [0.15, 0.2) is 0 Å². The molecule has 0 radical (unpaired) electrons. The molecule has 0 bridgehead atoms. The Balaban J connectivity index is 2.45. The van der Waals surface area contributed by atoms with Crippen LogP contribution in [0.4, 0.5) is 0 Å². The van der Waals surface area contributed by atoms with Gasteiger partial charge in [-0.05, 0) is 42.9 Å². The summed E-state index contributed by atoms with van der Waals surface area (Å²) >= 11 is 0. The second kappa shape index (κ2) is 6.15. The quantitative estimate of drug-likeness (QED) is 0.839. The Bertz CT molecular complexity index is 635. The van der Waals surface area contributed by atoms with Crippen molar-refractivity contribution < 1.29 is 18.3 Å². The maximum atomic E-state index is 12.8. The van der Waals surface area contributed by atoms with E-state index in [0.717, 1.165) is 12.8 Å². The standard InChI is InChI=1S/C15H21NO4S/c1-3-12-7-8-13(15(17)18)9-14(12)21(19,20)16(4-2)10-11-5-6-11/h7-9,11H,3-6,10H2,1-2H3,(H,17,18). The fraction of sp³-hybridized carbons (Fsp3) is 0.533. The van der Waals surface area contributed by atoms with Crippen molar-refractivity contribution in [3.8, 4) is 0 Å². The molecule has 21 heavy (non-hydrogen) atoms. The van der Waals surface area contributed by atoms with E-state index >= 15 is 0 Å². The molecule has 1 aliphatic carbocycles. The fourth-order valence-electron chi connectivity index (χ4n) is 2.34. The van der Waals surface area contributed by atoms with E-state index in [0.29, 0.717) is 31.0 Å². The molecule has 1 aliphatic rings. The van der Waals surface area contributed by atoms with Crippen molar-refractivity contribution >= 4 is 16.0 Å². The Morgan fingerprint density at radius 1 is 1.33 bits per heavy atom. The third-order valence-electron chi connectivity index (χ3n) is 3.82. The molecule has 1 aromatic rings. The second-order valence-corrected chi connectivity index (χ2v) is 7.29. The first-order valence-electron chi connectivity index (χ1n) is 7.26. The van der Waals surface area contributed by atoms with Crippen LogP contribution in [-0.2, 0) is 16.4 Å². The average molecular weight is 311 g/mol. The Labute approximate surface area is 125 Å². The molecule has 1 aromatic carbocycles. The maximum Gasteiger partial charge on any atom is 0.335 e. The summed E-state index contributed by atoms with van der Waals surface area (Å²) in [5, 5.41) is 9.08. The first-order chi connectivity index (χ1) is 9.90. The predicted octanol–water partition coefficient (Wildman–Crippen LogP) is 2.37. The molecule has 0 unspecified atom stereocenters. The van der Waals surface area contributed by atoms with E-state index < -0.39 is 16.0 Å². The van der Waals surface area contributed by atoms with Crippen molar-refractivity contribution in [2.24, 2.45) is 5.92 Å². The van der Waals surface area contributed by atoms with Crippen LogP contribution in [0.2, 0.25) is 0 Å². The molecule has 0 amide bonds. The zero-order chi connectivity index (χ0) is 15.6. The summed E-state index contributed by atoms with van der Waals surface area (Å²) in [4.78, 5) is 11.2. The van der Waals surface area contributed by atoms with Crippen LogP contribution in [0.25, 0.3) is 0 Å². The van der Waals surface area contributed by atoms with E-state index in [4.69, 9.17) is 5.11 Å². The van der Waals surface area contributed by atoms with Crippen LogP contribution in [0.1, 0.15) is 42.6 Å². The molecule has 0 saturated heterocycles. The van der Waals surface area contributed by atoms with Crippen molar-refractivity contribution in [3.63, 3.8) is 0 Å². The second-order valence-electron chi connectivity index (χ2n) is 5.38. The molecule has 1 saturated carbocycles. The summed E-state index contributed by atoms with van der Waals surface area (Å²) in [7, 11) is -3.63. The number of rotatable bonds is 7. The highest BCUT2D eigenvalue weighted by Crippen LogP contribution is 2.32. The SMILES string of the molecule is CCc1ccc(C(=O)O)cc1S(=O)(=O)N(CC)CC1CC1. The predicted molar refractivity (Wildman–Crippen MR) is 79.9 cm³/mol. The topological polar surface area (TPSA) is 74.7 Å². The number of benzene rings is 1. The molecule has 1 N–H and O–H groups in total. The van der Waals surface area contributed by atoms with E-state index in [1.54, 1.807) is 6.07 Å². The number of aryl methyl sites for hydroxylation is 1. The smallest absolute Gasteiger partial charge is 0.335 e. The summed E-state index contributed by atoms with van der Waals surface area (Å²) in [6.07, 6.45) is 2.69. The van der Waals surface area contributed by atoms with E-state index in [-0.39, 0.29) is 10.5 Å². The van der Waals surface area contributed by atoms with Crippen LogP contribution in [0.15, 0.2) is 23.1 Å². The molecule has 6 heteroatoms. The van der Waals surface area contributed by atoms with Crippen LogP contribution in [0, 0.1) is 5.92 Å². The summed E-state index contributed by atoms with van der Waals surface area (Å²) in [6.45, 7) is 4.61. The minimum atomic E-state index is -3.63. The van der Waals surface area contributed by atoms with Crippen molar-refractivity contribution in [3.05, 3.63) is 29.3 Å². The van der Waals surface area contributed by atoms with E-state index in [9.17, 15) is 13.2 Å². The van der Waals surface area contributed by atoms with Crippen molar-refractivity contribution in [1.29, 1.82) is 0 Å². The monoisotopic (exact) mass is 311 g/mol. The summed E-state index contributed by atoms with van der Waals surface area (Å²) in [6, 6.07) is 4.34. The molecule has 2 rings (SSSR count). The van der Waals surface area contributed by atoms with Gasteiger partial charge in [-0.3, -0.25) is 0 Å². The highest BCUT2D eigenvalue weighted by atomic mass is 32.2. The number of hydrogen-bond acceptors (Lipinski definition) is 3. The molecular weight excluding hydrogens is 290 g/mol. The average Bonchev–Trinajstić information content (AvgIpc) is 3.27. The van der Waals surface area contributed by atoms with Crippen LogP contribution < -0.4 is 0 Å². The number of sulfonamides is 1. The summed E-state index contributed by atoms with van der Waals surface area (Å²) in [5.41, 5.74) is 0.669. The number of hydrogen-bond donors (Lipinski definition) is 1. The van der Waals surface area contributed by atoms with Gasteiger partial charge in [0.2, 0.25) is 10.0 Å². The summed E-state index contributed by atoms with van der Waals surface area (Å²) in [5.74, 6) is -0.660. The van der Waals surface area contributed by atoms with Gasteiger partial charge >= 0.3 is 5.97 Å². The van der Waals surface area contributed by atoms with Crippen molar-refractivity contribution in [2.45, 2.75) is 38.0 Å². The lowest BCUT2D eigenvalue weighted by atomic mass is 10.1. The molecule has 1 fully saturated rings. The van der Waals surface area contributed by atoms with Crippen LogP contribution in [0.3, 0.4) is 0 Å². The Morgan fingerprint density at radius 2 is 2.00 bits per heavy atom. The van der Waals surface area contributed by atoms with Crippen molar-refractivity contribution in [1.82, 2.24) is 4.31 Å². The maximum absolute atomic E-state index is 12.8. The summed E-state index contributed by atoms with van der Waals surface area (Å²) < 4.78 is 27.1. The molecule has 0 atom stereocenters. The first kappa shape index (κ1) is 16.0. The van der Waals surface area contributed by atoms with Gasteiger partial charge in [0.05, 0.1) is 10.5 Å². The lowest BCUT2D eigenvalue weighted by Gasteiger charge is -2.22. The van der Waals surface area contributed by atoms with Gasteiger partial charge in [-0.15, -0.1) is 0 Å². The van der Waals surface area contributed by atoms with Crippen LogP contribution in [0.5, 0.6) is 0 Å². The lowest BCUT2D eigenvalue weighted by molar-refractivity contribution is 0.0696. The minimum Gasteiger partial charge on any atom is -0.478 e. The molecule has 116 valence electrons. The first-order valence-corrected chi connectivity index (χ1v) is 8.70. The highest BCUT2D eigenvalue weighted by Gasteiger charge is 2.32. The minimum absolute atomic E-state index is 0.00764. The largest absolute Gasteiger partial charge is 0.478 e. The third kappa shape index (κ3) is 3.44. The van der Waals surface area contributed by atoms with Crippen LogP contribution in [-0.4, -0.2) is 36.9 Å². The highest BCUT2D eigenvalue weighted by molar-refractivity contribution is 7.89. The number of nitrogens with zero attached hydrogens (tertiary/aromatic N) is 1. The molecule has 0 aliphatic heterocycles. The molecule has 0 aromatic heterocycles. The Hall–Kier alpha value is -1.40. The van der Waals surface area contributed by atoms with Gasteiger partial charge in [0.1, 0.15) is 0 Å². The van der Waals surface area contributed by atoms with E-state index in [2.05, 4.69) is 0 Å². The Morgan fingerprint density at radius 3 is 2.48 bits per heavy atom. The molecule has 0 heterocycles. The lowest BCUT2D eigenvalue weighted by Crippen LogP contribution is -2.33. The third-order valence-corrected chi connectivity index (χ3v) is 5.85. The molecule has 5 nitrogen and oxygen atoms in total. The van der Waals surface area contributed by atoms with Gasteiger partial charge < -0.3 is 5.11 Å². The van der Waals surface area contributed by atoms with E-state index in [1.165, 1.54) is 16.4 Å². The molecular formula is C15H21NO4S. The van der Waals surface area contributed by atoms with Crippen molar-refractivity contribution in [2.75, 3.05) is 13.1 Å². The zero-order valence-electron chi connectivity index (χ0n) is 12.4. The Kier molecular flexibility index (Phi) is 4.68. The van der Waals surface area contributed by atoms with Gasteiger partial charge in [0.25, 0.3) is 0 Å². The number of carboxylic acids is 1. The molecule has 0 spiro atoms. The van der Waals surface area contributed by atoms with Gasteiger partial charge in [-0.1, -0.05) is 19.9 Å². The normalized spacial score (nSPS) is 15.4. The van der Waals surface area contributed by atoms with Gasteiger partial charge in [0, 0.05) is 13.1 Å². The number of carbonyl (C=O) groups is 1. The number of aromatic carboxylic acids is 1. The number of carboxylic acid groups (broad SMARTS) is 1. The van der Waals surface area contributed by atoms with Gasteiger partial charge in [-0.2, -0.15) is 4.31 Å². The van der Waals surface area contributed by atoms with Gasteiger partial charge in [-0.25, -0.2) is 13.2 Å². The van der Waals surface area contributed by atoms with E-state index in [1.807, 2.05) is 13.8 Å². The van der Waals surface area contributed by atoms with Crippen LogP contribution >= 0.6 is 0 Å².